The molecule has 1 aromatic heterocycles. The molecule has 1 N–H and O–H groups in total. The minimum Gasteiger partial charge on any atom is -0.327 e. The molecule has 0 aromatic carbocycles. The molecule has 11 heavy (non-hydrogen) atoms. The molecule has 0 amide bonds. The Hall–Kier alpha value is -2.07. The lowest BCUT2D eigenvalue weighted by atomic mass is 10.2. The van der Waals surface area contributed by atoms with Crippen LogP contribution >= 0.6 is 0 Å². The molecule has 0 aliphatic rings. The van der Waals surface area contributed by atoms with E-state index in [0.717, 1.165) is 0 Å². The summed E-state index contributed by atoms with van der Waals surface area (Å²) in [6, 6.07) is 4.73. The van der Waals surface area contributed by atoms with E-state index in [2.05, 4.69) is 4.98 Å². The van der Waals surface area contributed by atoms with Gasteiger partial charge < -0.3 is 4.98 Å². The standard InChI is InChI=1S/C7H3N3O/c8-2-5-1-6(3-9)7(11)10-4-5/h1,4H,(H,10,11). The molecule has 0 saturated heterocycles. The Morgan fingerprint density at radius 1 is 1.36 bits per heavy atom. The van der Waals surface area contributed by atoms with Crippen LogP contribution in [0.3, 0.4) is 0 Å². The second kappa shape index (κ2) is 2.68. The summed E-state index contributed by atoms with van der Waals surface area (Å²) in [5.41, 5.74) is -0.225. The molecule has 4 nitrogen and oxygen atoms in total. The van der Waals surface area contributed by atoms with Gasteiger partial charge in [0.15, 0.2) is 0 Å². The van der Waals surface area contributed by atoms with Crippen molar-refractivity contribution in [3.63, 3.8) is 0 Å². The maximum atomic E-state index is 10.7. The first kappa shape index (κ1) is 7.04. The molecule has 0 saturated carbocycles. The minimum atomic E-state index is -0.466. The van der Waals surface area contributed by atoms with Crippen molar-refractivity contribution in [2.45, 2.75) is 0 Å². The molecule has 0 atom stereocenters. The Balaban J connectivity index is 3.41. The first-order chi connectivity index (χ1) is 5.27. The van der Waals surface area contributed by atoms with Gasteiger partial charge in [-0.05, 0) is 6.07 Å². The zero-order chi connectivity index (χ0) is 8.27. The number of nitrogens with zero attached hydrogens (tertiary/aromatic N) is 2. The van der Waals surface area contributed by atoms with E-state index in [-0.39, 0.29) is 11.1 Å². The third-order valence-electron chi connectivity index (χ3n) is 1.15. The van der Waals surface area contributed by atoms with E-state index >= 15 is 0 Å². The molecule has 0 unspecified atom stereocenters. The molecular weight excluding hydrogens is 142 g/mol. The van der Waals surface area contributed by atoms with Gasteiger partial charge in [0.05, 0.1) is 5.56 Å². The first-order valence-corrected chi connectivity index (χ1v) is 2.81. The maximum Gasteiger partial charge on any atom is 0.265 e. The molecule has 1 heterocycles. The summed E-state index contributed by atoms with van der Waals surface area (Å²) in [5.74, 6) is 0. The van der Waals surface area contributed by atoms with Crippen LogP contribution in [0.4, 0.5) is 0 Å². The van der Waals surface area contributed by atoms with Crippen molar-refractivity contribution in [2.75, 3.05) is 0 Å². The van der Waals surface area contributed by atoms with Gasteiger partial charge in [0.1, 0.15) is 17.7 Å². The highest BCUT2D eigenvalue weighted by atomic mass is 16.1. The fourth-order valence-electron chi connectivity index (χ4n) is 0.631. The normalized spacial score (nSPS) is 8.18. The van der Waals surface area contributed by atoms with Crippen LogP contribution in [0.25, 0.3) is 0 Å². The lowest BCUT2D eigenvalue weighted by Crippen LogP contribution is -2.08. The number of hydrogen-bond donors (Lipinski definition) is 1. The molecule has 1 aromatic rings. The summed E-state index contributed by atoms with van der Waals surface area (Å²) < 4.78 is 0. The predicted molar refractivity (Wildman–Crippen MR) is 36.5 cm³/mol. The molecule has 0 radical (unpaired) electrons. The molecule has 4 heteroatoms. The van der Waals surface area contributed by atoms with Crippen LogP contribution in [-0.2, 0) is 0 Å². The zero-order valence-electron chi connectivity index (χ0n) is 5.46. The quantitative estimate of drug-likeness (QED) is 0.562. The van der Waals surface area contributed by atoms with Crippen LogP contribution in [0.1, 0.15) is 11.1 Å². The van der Waals surface area contributed by atoms with E-state index in [4.69, 9.17) is 10.5 Å². The number of nitrogens with one attached hydrogen (secondary N) is 1. The Kier molecular flexibility index (Phi) is 1.71. The zero-order valence-corrected chi connectivity index (χ0v) is 5.46. The van der Waals surface area contributed by atoms with Crippen molar-refractivity contribution in [1.29, 1.82) is 10.5 Å². The average Bonchev–Trinajstić information content (AvgIpc) is 2.05. The van der Waals surface area contributed by atoms with Gasteiger partial charge in [0, 0.05) is 6.20 Å². The van der Waals surface area contributed by atoms with Gasteiger partial charge in [-0.3, -0.25) is 4.79 Å². The monoisotopic (exact) mass is 145 g/mol. The van der Waals surface area contributed by atoms with E-state index < -0.39 is 5.56 Å². The highest BCUT2D eigenvalue weighted by Gasteiger charge is 1.97. The minimum absolute atomic E-state index is 0.0379. The van der Waals surface area contributed by atoms with Gasteiger partial charge in [-0.15, -0.1) is 0 Å². The number of aromatic amines is 1. The van der Waals surface area contributed by atoms with Gasteiger partial charge in [-0.1, -0.05) is 0 Å². The van der Waals surface area contributed by atoms with E-state index in [9.17, 15) is 4.79 Å². The topological polar surface area (TPSA) is 80.4 Å². The Morgan fingerprint density at radius 3 is 2.64 bits per heavy atom. The third-order valence-corrected chi connectivity index (χ3v) is 1.15. The van der Waals surface area contributed by atoms with Gasteiger partial charge in [-0.2, -0.15) is 10.5 Å². The van der Waals surface area contributed by atoms with E-state index in [1.807, 2.05) is 6.07 Å². The van der Waals surface area contributed by atoms with Crippen LogP contribution < -0.4 is 5.56 Å². The lowest BCUT2D eigenvalue weighted by Gasteiger charge is -1.87. The number of aromatic nitrogens is 1. The molecule has 0 bridgehead atoms. The van der Waals surface area contributed by atoms with Crippen LogP contribution in [0.5, 0.6) is 0 Å². The summed E-state index contributed by atoms with van der Waals surface area (Å²) in [7, 11) is 0. The number of nitriles is 2. The van der Waals surface area contributed by atoms with E-state index in [1.165, 1.54) is 12.3 Å². The fourth-order valence-corrected chi connectivity index (χ4v) is 0.631. The smallest absolute Gasteiger partial charge is 0.265 e. The molecule has 0 aliphatic heterocycles. The third kappa shape index (κ3) is 1.25. The van der Waals surface area contributed by atoms with E-state index in [0.29, 0.717) is 0 Å². The lowest BCUT2D eigenvalue weighted by molar-refractivity contribution is 1.20. The Morgan fingerprint density at radius 2 is 2.09 bits per heavy atom. The summed E-state index contributed by atoms with van der Waals surface area (Å²) in [4.78, 5) is 13.0. The Bertz CT molecular complexity index is 405. The molecule has 0 fully saturated rings. The van der Waals surface area contributed by atoms with Crippen molar-refractivity contribution in [3.8, 4) is 12.1 Å². The number of rotatable bonds is 0. The summed E-state index contributed by atoms with van der Waals surface area (Å²) >= 11 is 0. The van der Waals surface area contributed by atoms with Crippen molar-refractivity contribution >= 4 is 0 Å². The highest BCUT2D eigenvalue weighted by molar-refractivity contribution is 5.35. The molecular formula is C7H3N3O. The maximum absolute atomic E-state index is 10.7. The summed E-state index contributed by atoms with van der Waals surface area (Å²) in [6.07, 6.45) is 1.27. The average molecular weight is 145 g/mol. The highest BCUT2D eigenvalue weighted by Crippen LogP contribution is 1.93. The van der Waals surface area contributed by atoms with E-state index in [1.54, 1.807) is 6.07 Å². The van der Waals surface area contributed by atoms with Crippen molar-refractivity contribution in [1.82, 2.24) is 4.98 Å². The van der Waals surface area contributed by atoms with Crippen LogP contribution in [-0.4, -0.2) is 4.98 Å². The number of hydrogen-bond acceptors (Lipinski definition) is 3. The summed E-state index contributed by atoms with van der Waals surface area (Å²) in [6.45, 7) is 0. The predicted octanol–water partition coefficient (Wildman–Crippen LogP) is 0.118. The first-order valence-electron chi connectivity index (χ1n) is 2.81. The fraction of sp³-hybridized carbons (Fsp3) is 0. The molecule has 0 aliphatic carbocycles. The number of H-pyrrole nitrogens is 1. The number of pyridine rings is 1. The van der Waals surface area contributed by atoms with Gasteiger partial charge in [0.25, 0.3) is 5.56 Å². The summed E-state index contributed by atoms with van der Waals surface area (Å²) in [5, 5.41) is 16.7. The second-order valence-corrected chi connectivity index (χ2v) is 1.85. The molecule has 52 valence electrons. The van der Waals surface area contributed by atoms with Gasteiger partial charge in [-0.25, -0.2) is 0 Å². The Labute approximate surface area is 62.3 Å². The van der Waals surface area contributed by atoms with Crippen LogP contribution in [0.2, 0.25) is 0 Å². The van der Waals surface area contributed by atoms with Gasteiger partial charge in [0.2, 0.25) is 0 Å². The SMILES string of the molecule is N#Cc1c[nH]c(=O)c(C#N)c1. The van der Waals surface area contributed by atoms with Crippen molar-refractivity contribution in [3.05, 3.63) is 33.7 Å². The van der Waals surface area contributed by atoms with Crippen LogP contribution in [0, 0.1) is 22.7 Å². The molecule has 0 spiro atoms. The van der Waals surface area contributed by atoms with Crippen molar-refractivity contribution < 1.29 is 0 Å². The molecule has 1 rings (SSSR count). The van der Waals surface area contributed by atoms with Crippen LogP contribution in [0.15, 0.2) is 17.1 Å². The van der Waals surface area contributed by atoms with Gasteiger partial charge >= 0.3 is 0 Å². The largest absolute Gasteiger partial charge is 0.327 e. The van der Waals surface area contributed by atoms with Crippen molar-refractivity contribution in [2.24, 2.45) is 0 Å². The second-order valence-electron chi connectivity index (χ2n) is 1.85.